The second-order valence-electron chi connectivity index (χ2n) is 3.93. The fraction of sp³-hybridized carbons (Fsp3) is 0.333. The number of hydrogen-bond donors (Lipinski definition) is 1. The molecule has 96 valence electrons. The Morgan fingerprint density at radius 3 is 3.00 bits per heavy atom. The zero-order valence-electron chi connectivity index (χ0n) is 9.94. The van der Waals surface area contributed by atoms with Crippen LogP contribution in [0, 0.1) is 6.92 Å². The number of aryl methyl sites for hydroxylation is 1. The molecule has 1 heterocycles. The van der Waals surface area contributed by atoms with Crippen LogP contribution < -0.4 is 0 Å². The third kappa shape index (κ3) is 2.01. The largest absolute Gasteiger partial charge is 0.500 e. The molecule has 18 heavy (non-hydrogen) atoms. The number of ether oxygens (including phenoxy) is 1. The molecular formula is C12H12FNO4. The average molecular weight is 253 g/mol. The summed E-state index contributed by atoms with van der Waals surface area (Å²) >= 11 is 0. The van der Waals surface area contributed by atoms with Gasteiger partial charge in [-0.2, -0.15) is 0 Å². The summed E-state index contributed by atoms with van der Waals surface area (Å²) in [5.41, 5.74) is 0.274. The number of methoxy groups -OCH3 is 1. The number of hydrogen-bond acceptors (Lipinski definition) is 4. The maximum atomic E-state index is 13.1. The molecular weight excluding hydrogens is 241 g/mol. The van der Waals surface area contributed by atoms with E-state index in [9.17, 15) is 9.18 Å². The van der Waals surface area contributed by atoms with Crippen LogP contribution >= 0.6 is 0 Å². The third-order valence-electron chi connectivity index (χ3n) is 2.84. The van der Waals surface area contributed by atoms with Crippen molar-refractivity contribution in [1.82, 2.24) is 5.16 Å². The highest BCUT2D eigenvalue weighted by atomic mass is 19.1. The zero-order valence-corrected chi connectivity index (χ0v) is 9.94. The highest BCUT2D eigenvalue weighted by Gasteiger charge is 2.30. The van der Waals surface area contributed by atoms with Gasteiger partial charge in [-0.3, -0.25) is 0 Å². The predicted molar refractivity (Wildman–Crippen MR) is 59.8 cm³/mol. The molecule has 2 rings (SSSR count). The molecule has 0 saturated heterocycles. The molecule has 1 unspecified atom stereocenters. The highest BCUT2D eigenvalue weighted by Crippen LogP contribution is 2.35. The van der Waals surface area contributed by atoms with Gasteiger partial charge in [0.1, 0.15) is 28.6 Å². The van der Waals surface area contributed by atoms with Crippen LogP contribution in [0.25, 0.3) is 0 Å². The van der Waals surface area contributed by atoms with Crippen molar-refractivity contribution >= 4 is 5.97 Å². The molecule has 1 N–H and O–H groups in total. The zero-order chi connectivity index (χ0) is 13.3. The van der Waals surface area contributed by atoms with Gasteiger partial charge in [-0.15, -0.1) is 0 Å². The highest BCUT2D eigenvalue weighted by molar-refractivity contribution is 5.90. The van der Waals surface area contributed by atoms with E-state index in [1.807, 2.05) is 0 Å². The first kappa shape index (κ1) is 12.3. The SMILES string of the molecule is COC1=CC(F)=CCC1c1noc(C)c1C(=O)O. The van der Waals surface area contributed by atoms with Gasteiger partial charge in [-0.1, -0.05) is 5.16 Å². The van der Waals surface area contributed by atoms with Crippen molar-refractivity contribution in [2.45, 2.75) is 19.3 Å². The van der Waals surface area contributed by atoms with Crippen LogP contribution in [0.5, 0.6) is 0 Å². The number of allylic oxidation sites excluding steroid dienone is 4. The number of carbonyl (C=O) groups is 1. The van der Waals surface area contributed by atoms with Gasteiger partial charge >= 0.3 is 5.97 Å². The number of nitrogens with zero attached hydrogens (tertiary/aromatic N) is 1. The standard InChI is InChI=1S/C12H12FNO4/c1-6-10(12(15)16)11(14-18-6)8-4-3-7(13)5-9(8)17-2/h3,5,8H,4H2,1-2H3,(H,15,16). The molecule has 0 radical (unpaired) electrons. The first-order valence-electron chi connectivity index (χ1n) is 5.35. The minimum atomic E-state index is -1.12. The Kier molecular flexibility index (Phi) is 3.18. The Morgan fingerprint density at radius 2 is 2.39 bits per heavy atom. The molecule has 0 aliphatic heterocycles. The van der Waals surface area contributed by atoms with Crippen LogP contribution in [0.3, 0.4) is 0 Å². The summed E-state index contributed by atoms with van der Waals surface area (Å²) in [6.45, 7) is 1.52. The summed E-state index contributed by atoms with van der Waals surface area (Å²) in [7, 11) is 1.41. The Balaban J connectivity index is 2.44. The van der Waals surface area contributed by atoms with E-state index < -0.39 is 17.7 Å². The predicted octanol–water partition coefficient (Wildman–Crippen LogP) is 2.55. The lowest BCUT2D eigenvalue weighted by atomic mass is 9.91. The maximum absolute atomic E-state index is 13.1. The normalized spacial score (nSPS) is 19.2. The molecule has 1 aromatic heterocycles. The Morgan fingerprint density at radius 1 is 1.67 bits per heavy atom. The number of rotatable bonds is 3. The first-order valence-corrected chi connectivity index (χ1v) is 5.35. The Labute approximate surface area is 103 Å². The topological polar surface area (TPSA) is 72.6 Å². The van der Waals surface area contributed by atoms with Gasteiger partial charge in [0.15, 0.2) is 0 Å². The summed E-state index contributed by atoms with van der Waals surface area (Å²) in [6.07, 6.45) is 2.88. The monoisotopic (exact) mass is 253 g/mol. The van der Waals surface area contributed by atoms with E-state index in [0.717, 1.165) is 0 Å². The minimum Gasteiger partial charge on any atom is -0.500 e. The summed E-state index contributed by atoms with van der Waals surface area (Å²) in [6, 6.07) is 0. The van der Waals surface area contributed by atoms with E-state index >= 15 is 0 Å². The quantitative estimate of drug-likeness (QED) is 0.896. The molecule has 6 heteroatoms. The molecule has 0 saturated carbocycles. The van der Waals surface area contributed by atoms with Gasteiger partial charge in [0.2, 0.25) is 0 Å². The third-order valence-corrected chi connectivity index (χ3v) is 2.84. The second kappa shape index (κ2) is 4.64. The van der Waals surface area contributed by atoms with Gasteiger partial charge < -0.3 is 14.4 Å². The summed E-state index contributed by atoms with van der Waals surface area (Å²) in [4.78, 5) is 11.2. The lowest BCUT2D eigenvalue weighted by molar-refractivity contribution is 0.0693. The fourth-order valence-electron chi connectivity index (χ4n) is 1.98. The van der Waals surface area contributed by atoms with E-state index in [1.165, 1.54) is 26.2 Å². The molecule has 0 amide bonds. The molecule has 0 fully saturated rings. The summed E-state index contributed by atoms with van der Waals surface area (Å²) < 4.78 is 23.1. The van der Waals surface area contributed by atoms with Crippen LogP contribution in [0.15, 0.2) is 28.3 Å². The van der Waals surface area contributed by atoms with E-state index in [4.69, 9.17) is 14.4 Å². The fourth-order valence-corrected chi connectivity index (χ4v) is 1.98. The molecule has 1 aliphatic carbocycles. The first-order chi connectivity index (χ1) is 8.54. The van der Waals surface area contributed by atoms with Crippen LogP contribution in [0.1, 0.15) is 34.2 Å². The second-order valence-corrected chi connectivity index (χ2v) is 3.93. The van der Waals surface area contributed by atoms with Crippen molar-refractivity contribution in [2.75, 3.05) is 7.11 Å². The van der Waals surface area contributed by atoms with Crippen molar-refractivity contribution in [3.05, 3.63) is 40.8 Å². The number of halogens is 1. The minimum absolute atomic E-state index is 0.0126. The number of aromatic nitrogens is 1. The lowest BCUT2D eigenvalue weighted by Gasteiger charge is -2.19. The molecule has 0 bridgehead atoms. The molecule has 0 spiro atoms. The van der Waals surface area contributed by atoms with Gasteiger partial charge in [-0.05, 0) is 19.4 Å². The molecule has 1 aromatic rings. The van der Waals surface area contributed by atoms with Gasteiger partial charge in [0.05, 0.1) is 13.0 Å². The molecule has 1 atom stereocenters. The van der Waals surface area contributed by atoms with Crippen LogP contribution in [0.4, 0.5) is 4.39 Å². The molecule has 1 aliphatic rings. The van der Waals surface area contributed by atoms with Crippen LogP contribution in [-0.4, -0.2) is 23.3 Å². The van der Waals surface area contributed by atoms with Gasteiger partial charge in [0, 0.05) is 6.08 Å². The summed E-state index contributed by atoms with van der Waals surface area (Å²) in [5.74, 6) is -1.39. The van der Waals surface area contributed by atoms with E-state index in [1.54, 1.807) is 0 Å². The average Bonchev–Trinajstić information content (AvgIpc) is 2.70. The van der Waals surface area contributed by atoms with Crippen molar-refractivity contribution in [3.8, 4) is 0 Å². The maximum Gasteiger partial charge on any atom is 0.341 e. The molecule has 5 nitrogen and oxygen atoms in total. The Hall–Kier alpha value is -2.11. The van der Waals surface area contributed by atoms with Crippen LogP contribution in [0.2, 0.25) is 0 Å². The van der Waals surface area contributed by atoms with E-state index in [-0.39, 0.29) is 23.4 Å². The molecule has 0 aromatic carbocycles. The van der Waals surface area contributed by atoms with Crippen molar-refractivity contribution in [1.29, 1.82) is 0 Å². The van der Waals surface area contributed by atoms with Gasteiger partial charge in [-0.25, -0.2) is 9.18 Å². The van der Waals surface area contributed by atoms with Crippen molar-refractivity contribution in [2.24, 2.45) is 0 Å². The number of carboxylic acids is 1. The van der Waals surface area contributed by atoms with E-state index in [2.05, 4.69) is 5.16 Å². The summed E-state index contributed by atoms with van der Waals surface area (Å²) in [5, 5.41) is 12.9. The van der Waals surface area contributed by atoms with Crippen LogP contribution in [-0.2, 0) is 4.74 Å². The van der Waals surface area contributed by atoms with E-state index in [0.29, 0.717) is 5.76 Å². The van der Waals surface area contributed by atoms with Crippen molar-refractivity contribution in [3.63, 3.8) is 0 Å². The smallest absolute Gasteiger partial charge is 0.341 e. The van der Waals surface area contributed by atoms with Crippen molar-refractivity contribution < 1.29 is 23.6 Å². The Bertz CT molecular complexity index is 544. The number of carboxylic acid groups (broad SMARTS) is 1. The lowest BCUT2D eigenvalue weighted by Crippen LogP contribution is -2.12. The number of aromatic carboxylic acids is 1. The van der Waals surface area contributed by atoms with Gasteiger partial charge in [0.25, 0.3) is 0 Å².